The fourth-order valence-corrected chi connectivity index (χ4v) is 3.49. The molecule has 3 rings (SSSR count). The zero-order valence-corrected chi connectivity index (χ0v) is 13.2. The molecule has 0 N–H and O–H groups in total. The van der Waals surface area contributed by atoms with Gasteiger partial charge in [-0.05, 0) is 43.7 Å². The van der Waals surface area contributed by atoms with Crippen LogP contribution in [0.4, 0.5) is 0 Å². The fourth-order valence-electron chi connectivity index (χ4n) is 3.49. The van der Waals surface area contributed by atoms with E-state index in [1.807, 2.05) is 23.2 Å². The van der Waals surface area contributed by atoms with Gasteiger partial charge in [0.15, 0.2) is 0 Å². The standard InChI is InChI=1S/C18H26N2O2/c21-18(8-7-15-4-3-11-19-14-15)20-12-9-17(10-13-20)22-16-5-1-2-6-16/h3-4,11,14,16-17H,1-2,5-10,12-13H2. The normalized spacial score (nSPS) is 20.5. The van der Waals surface area contributed by atoms with E-state index in [1.165, 1.54) is 25.7 Å². The minimum atomic E-state index is 0.267. The van der Waals surface area contributed by atoms with Gasteiger partial charge in [-0.15, -0.1) is 0 Å². The van der Waals surface area contributed by atoms with Gasteiger partial charge in [-0.3, -0.25) is 9.78 Å². The monoisotopic (exact) mass is 302 g/mol. The van der Waals surface area contributed by atoms with Crippen molar-refractivity contribution in [3.63, 3.8) is 0 Å². The number of ether oxygens (including phenoxy) is 1. The molecule has 0 atom stereocenters. The van der Waals surface area contributed by atoms with Crippen LogP contribution >= 0.6 is 0 Å². The molecule has 0 spiro atoms. The van der Waals surface area contributed by atoms with E-state index in [0.717, 1.165) is 37.9 Å². The number of carbonyl (C=O) groups excluding carboxylic acids is 1. The summed E-state index contributed by atoms with van der Waals surface area (Å²) in [4.78, 5) is 18.4. The first-order valence-corrected chi connectivity index (χ1v) is 8.63. The molecule has 0 radical (unpaired) electrons. The molecule has 1 aromatic heterocycles. The minimum absolute atomic E-state index is 0.267. The van der Waals surface area contributed by atoms with E-state index < -0.39 is 0 Å². The summed E-state index contributed by atoms with van der Waals surface area (Å²) in [6, 6.07) is 3.95. The quantitative estimate of drug-likeness (QED) is 0.840. The molecule has 22 heavy (non-hydrogen) atoms. The maximum atomic E-state index is 12.3. The number of hydrogen-bond acceptors (Lipinski definition) is 3. The van der Waals surface area contributed by atoms with Gasteiger partial charge in [0.1, 0.15) is 0 Å². The summed E-state index contributed by atoms with van der Waals surface area (Å²) in [7, 11) is 0. The molecule has 1 saturated heterocycles. The second-order valence-electron chi connectivity index (χ2n) is 6.48. The molecule has 1 aromatic rings. The molecule has 2 aliphatic rings. The van der Waals surface area contributed by atoms with Crippen LogP contribution in [0, 0.1) is 0 Å². The molecule has 1 aliphatic carbocycles. The molecule has 1 amide bonds. The minimum Gasteiger partial charge on any atom is -0.375 e. The molecule has 0 unspecified atom stereocenters. The van der Waals surface area contributed by atoms with Gasteiger partial charge >= 0.3 is 0 Å². The number of likely N-dealkylation sites (tertiary alicyclic amines) is 1. The highest BCUT2D eigenvalue weighted by atomic mass is 16.5. The summed E-state index contributed by atoms with van der Waals surface area (Å²) in [6.07, 6.45) is 12.9. The molecule has 2 fully saturated rings. The van der Waals surface area contributed by atoms with Gasteiger partial charge in [0.2, 0.25) is 5.91 Å². The number of aryl methyl sites for hydroxylation is 1. The second kappa shape index (κ2) is 7.73. The van der Waals surface area contributed by atoms with Gasteiger partial charge in [-0.25, -0.2) is 0 Å². The van der Waals surface area contributed by atoms with Gasteiger partial charge in [0, 0.05) is 31.9 Å². The van der Waals surface area contributed by atoms with Crippen LogP contribution in [0.3, 0.4) is 0 Å². The molecule has 4 nitrogen and oxygen atoms in total. The lowest BCUT2D eigenvalue weighted by molar-refractivity contribution is -0.134. The maximum absolute atomic E-state index is 12.3. The summed E-state index contributed by atoms with van der Waals surface area (Å²) in [5, 5.41) is 0. The van der Waals surface area contributed by atoms with Crippen molar-refractivity contribution in [2.24, 2.45) is 0 Å². The highest BCUT2D eigenvalue weighted by Crippen LogP contribution is 2.25. The lowest BCUT2D eigenvalue weighted by Crippen LogP contribution is -2.41. The van der Waals surface area contributed by atoms with E-state index in [4.69, 9.17) is 4.74 Å². The van der Waals surface area contributed by atoms with E-state index >= 15 is 0 Å². The van der Waals surface area contributed by atoms with Crippen LogP contribution in [0.15, 0.2) is 24.5 Å². The van der Waals surface area contributed by atoms with Crippen molar-refractivity contribution in [2.45, 2.75) is 63.6 Å². The molecule has 2 heterocycles. The van der Waals surface area contributed by atoms with Crippen molar-refractivity contribution in [2.75, 3.05) is 13.1 Å². The molecular weight excluding hydrogens is 276 g/mol. The van der Waals surface area contributed by atoms with Crippen molar-refractivity contribution in [3.8, 4) is 0 Å². The fraction of sp³-hybridized carbons (Fsp3) is 0.667. The van der Waals surface area contributed by atoms with E-state index in [1.54, 1.807) is 6.20 Å². The summed E-state index contributed by atoms with van der Waals surface area (Å²) >= 11 is 0. The van der Waals surface area contributed by atoms with Crippen molar-refractivity contribution in [1.29, 1.82) is 0 Å². The molecule has 120 valence electrons. The Balaban J connectivity index is 1.38. The number of hydrogen-bond donors (Lipinski definition) is 0. The van der Waals surface area contributed by atoms with E-state index in [2.05, 4.69) is 4.98 Å². The first-order valence-electron chi connectivity index (χ1n) is 8.63. The Morgan fingerprint density at radius 1 is 1.18 bits per heavy atom. The Morgan fingerprint density at radius 2 is 1.91 bits per heavy atom. The Bertz CT molecular complexity index is 463. The highest BCUT2D eigenvalue weighted by Gasteiger charge is 2.26. The number of amides is 1. The molecule has 0 bridgehead atoms. The van der Waals surface area contributed by atoms with Gasteiger partial charge in [-0.2, -0.15) is 0 Å². The number of pyridine rings is 1. The molecule has 1 saturated carbocycles. The predicted octanol–water partition coefficient (Wildman–Crippen LogP) is 2.96. The number of aromatic nitrogens is 1. The topological polar surface area (TPSA) is 42.4 Å². The van der Waals surface area contributed by atoms with Crippen LogP contribution in [0.5, 0.6) is 0 Å². The summed E-state index contributed by atoms with van der Waals surface area (Å²) in [6.45, 7) is 1.70. The number of piperidine rings is 1. The smallest absolute Gasteiger partial charge is 0.222 e. The first kappa shape index (κ1) is 15.5. The Kier molecular flexibility index (Phi) is 5.43. The molecular formula is C18H26N2O2. The van der Waals surface area contributed by atoms with Crippen molar-refractivity contribution < 1.29 is 9.53 Å². The van der Waals surface area contributed by atoms with Gasteiger partial charge in [0.05, 0.1) is 12.2 Å². The first-order chi connectivity index (χ1) is 10.8. The van der Waals surface area contributed by atoms with Gasteiger partial charge < -0.3 is 9.64 Å². The SMILES string of the molecule is O=C(CCc1cccnc1)N1CCC(OC2CCCC2)CC1. The van der Waals surface area contributed by atoms with Crippen LogP contribution in [-0.2, 0) is 16.0 Å². The van der Waals surface area contributed by atoms with Gasteiger partial charge in [-0.1, -0.05) is 18.9 Å². The Labute approximate surface area is 132 Å². The third kappa shape index (κ3) is 4.29. The van der Waals surface area contributed by atoms with E-state index in [0.29, 0.717) is 18.6 Å². The molecule has 1 aliphatic heterocycles. The summed E-state index contributed by atoms with van der Waals surface area (Å²) in [5.74, 6) is 0.267. The van der Waals surface area contributed by atoms with Crippen molar-refractivity contribution >= 4 is 5.91 Å². The molecule has 0 aromatic carbocycles. The van der Waals surface area contributed by atoms with Crippen LogP contribution in [0.2, 0.25) is 0 Å². The average Bonchev–Trinajstić information content (AvgIpc) is 3.07. The highest BCUT2D eigenvalue weighted by molar-refractivity contribution is 5.76. The van der Waals surface area contributed by atoms with E-state index in [-0.39, 0.29) is 5.91 Å². The zero-order valence-electron chi connectivity index (χ0n) is 13.2. The second-order valence-corrected chi connectivity index (χ2v) is 6.48. The van der Waals surface area contributed by atoms with Crippen LogP contribution < -0.4 is 0 Å². The van der Waals surface area contributed by atoms with Crippen molar-refractivity contribution in [1.82, 2.24) is 9.88 Å². The largest absolute Gasteiger partial charge is 0.375 e. The van der Waals surface area contributed by atoms with Crippen LogP contribution in [0.1, 0.15) is 50.5 Å². The third-order valence-electron chi connectivity index (χ3n) is 4.83. The summed E-state index contributed by atoms with van der Waals surface area (Å²) < 4.78 is 6.16. The van der Waals surface area contributed by atoms with E-state index in [9.17, 15) is 4.79 Å². The Hall–Kier alpha value is -1.42. The van der Waals surface area contributed by atoms with Crippen LogP contribution in [0.25, 0.3) is 0 Å². The maximum Gasteiger partial charge on any atom is 0.222 e. The lowest BCUT2D eigenvalue weighted by atomic mass is 10.1. The number of rotatable bonds is 5. The predicted molar refractivity (Wildman–Crippen MR) is 85.5 cm³/mol. The lowest BCUT2D eigenvalue weighted by Gasteiger charge is -2.33. The van der Waals surface area contributed by atoms with Crippen LogP contribution in [-0.4, -0.2) is 41.1 Å². The number of carbonyl (C=O) groups is 1. The Morgan fingerprint density at radius 3 is 2.59 bits per heavy atom. The zero-order chi connectivity index (χ0) is 15.2. The molecule has 4 heteroatoms. The average molecular weight is 302 g/mol. The van der Waals surface area contributed by atoms with Gasteiger partial charge in [0.25, 0.3) is 0 Å². The van der Waals surface area contributed by atoms with Crippen molar-refractivity contribution in [3.05, 3.63) is 30.1 Å². The number of nitrogens with zero attached hydrogens (tertiary/aromatic N) is 2. The summed E-state index contributed by atoms with van der Waals surface area (Å²) in [5.41, 5.74) is 1.13. The third-order valence-corrected chi connectivity index (χ3v) is 4.83.